The molecule has 100 valence electrons. The summed E-state index contributed by atoms with van der Waals surface area (Å²) in [6.07, 6.45) is 1.12. The van der Waals surface area contributed by atoms with E-state index in [0.29, 0.717) is 11.3 Å². The summed E-state index contributed by atoms with van der Waals surface area (Å²) in [6.45, 7) is 1.77. The second kappa shape index (κ2) is 5.19. The molecule has 1 aromatic heterocycles. The number of nitrogen functional groups attached to an aromatic ring is 1. The van der Waals surface area contributed by atoms with Crippen LogP contribution in [-0.2, 0) is 0 Å². The largest absolute Gasteiger partial charge is 0.378 e. The lowest BCUT2D eigenvalue weighted by atomic mass is 10.1. The molecule has 2 aromatic rings. The molecule has 0 atom stereocenters. The predicted octanol–water partition coefficient (Wildman–Crippen LogP) is 1.89. The lowest BCUT2D eigenvalue weighted by Gasteiger charge is -2.09. The molecule has 0 aliphatic heterocycles. The van der Waals surface area contributed by atoms with Gasteiger partial charge in [0.25, 0.3) is 0 Å². The first-order valence-electron chi connectivity index (χ1n) is 5.56. The fraction of sp³-hybridized carbons (Fsp3) is 0.0833. The van der Waals surface area contributed by atoms with Gasteiger partial charge in [-0.1, -0.05) is 12.1 Å². The minimum atomic E-state index is -0.667. The van der Waals surface area contributed by atoms with Crippen molar-refractivity contribution in [1.29, 1.82) is 5.26 Å². The van der Waals surface area contributed by atoms with E-state index in [1.54, 1.807) is 25.1 Å². The molecule has 0 radical (unpaired) electrons. The van der Waals surface area contributed by atoms with E-state index >= 15 is 0 Å². The number of rotatable bonds is 3. The third kappa shape index (κ3) is 2.32. The van der Waals surface area contributed by atoms with E-state index in [-0.39, 0.29) is 11.6 Å². The number of nitrogens with one attached hydrogen (secondary N) is 1. The van der Waals surface area contributed by atoms with E-state index in [1.807, 2.05) is 6.07 Å². The van der Waals surface area contributed by atoms with E-state index < -0.39 is 10.6 Å². The Morgan fingerprint density at radius 1 is 1.45 bits per heavy atom. The van der Waals surface area contributed by atoms with Gasteiger partial charge in [-0.3, -0.25) is 10.1 Å². The molecule has 2 rings (SSSR count). The number of anilines is 3. The number of benzene rings is 1. The van der Waals surface area contributed by atoms with Crippen LogP contribution in [0.5, 0.6) is 0 Å². The second-order valence-corrected chi connectivity index (χ2v) is 3.95. The lowest BCUT2D eigenvalue weighted by Crippen LogP contribution is -2.06. The molecule has 0 spiro atoms. The Morgan fingerprint density at radius 3 is 2.85 bits per heavy atom. The van der Waals surface area contributed by atoms with Gasteiger partial charge in [-0.25, -0.2) is 9.97 Å². The average Bonchev–Trinajstić information content (AvgIpc) is 2.38. The van der Waals surface area contributed by atoms with Crippen LogP contribution in [0.25, 0.3) is 0 Å². The molecular weight excluding hydrogens is 260 g/mol. The molecule has 0 saturated carbocycles. The maximum Gasteiger partial charge on any atom is 0.353 e. The number of nitriles is 1. The van der Waals surface area contributed by atoms with Crippen LogP contribution < -0.4 is 11.1 Å². The van der Waals surface area contributed by atoms with Crippen LogP contribution in [-0.4, -0.2) is 14.9 Å². The smallest absolute Gasteiger partial charge is 0.353 e. The summed E-state index contributed by atoms with van der Waals surface area (Å²) >= 11 is 0. The second-order valence-electron chi connectivity index (χ2n) is 3.95. The van der Waals surface area contributed by atoms with Gasteiger partial charge in [0.05, 0.1) is 16.2 Å². The van der Waals surface area contributed by atoms with Gasteiger partial charge in [0, 0.05) is 0 Å². The third-order valence-electron chi connectivity index (χ3n) is 2.67. The summed E-state index contributed by atoms with van der Waals surface area (Å²) in [4.78, 5) is 17.7. The third-order valence-corrected chi connectivity index (χ3v) is 2.67. The van der Waals surface area contributed by atoms with Gasteiger partial charge in [0.2, 0.25) is 11.6 Å². The van der Waals surface area contributed by atoms with Gasteiger partial charge in [0.15, 0.2) is 0 Å². The maximum absolute atomic E-state index is 11.0. The Kier molecular flexibility index (Phi) is 3.43. The number of nitrogens with two attached hydrogens (primary N) is 1. The molecule has 0 unspecified atom stereocenters. The van der Waals surface area contributed by atoms with Gasteiger partial charge in [-0.15, -0.1) is 0 Å². The predicted molar refractivity (Wildman–Crippen MR) is 72.3 cm³/mol. The standard InChI is InChI=1S/C12H10N6O2/c1-7-3-2-4-9(8(7)5-13)17-12-10(18(19)20)11(14)15-6-16-12/h2-4,6H,1H3,(H3,14,15,16,17). The van der Waals surface area contributed by atoms with Crippen LogP contribution in [0, 0.1) is 28.4 Å². The summed E-state index contributed by atoms with van der Waals surface area (Å²) in [6, 6.07) is 7.17. The number of aromatic nitrogens is 2. The molecule has 0 aliphatic carbocycles. The molecule has 8 nitrogen and oxygen atoms in total. The Morgan fingerprint density at radius 2 is 2.20 bits per heavy atom. The fourth-order valence-corrected chi connectivity index (χ4v) is 1.71. The van der Waals surface area contributed by atoms with Crippen LogP contribution >= 0.6 is 0 Å². The molecule has 1 heterocycles. The highest BCUT2D eigenvalue weighted by atomic mass is 16.6. The van der Waals surface area contributed by atoms with Crippen molar-refractivity contribution >= 4 is 23.0 Å². The number of nitrogens with zero attached hydrogens (tertiary/aromatic N) is 4. The van der Waals surface area contributed by atoms with Crippen molar-refractivity contribution in [2.24, 2.45) is 0 Å². The zero-order chi connectivity index (χ0) is 14.7. The zero-order valence-corrected chi connectivity index (χ0v) is 10.5. The maximum atomic E-state index is 11.0. The first-order chi connectivity index (χ1) is 9.54. The lowest BCUT2D eigenvalue weighted by molar-refractivity contribution is -0.383. The summed E-state index contributed by atoms with van der Waals surface area (Å²) < 4.78 is 0. The minimum absolute atomic E-state index is 0.0513. The summed E-state index contributed by atoms with van der Waals surface area (Å²) in [5.41, 5.74) is 6.62. The van der Waals surface area contributed by atoms with Crippen LogP contribution in [0.4, 0.5) is 23.0 Å². The van der Waals surface area contributed by atoms with E-state index in [1.165, 1.54) is 0 Å². The molecule has 0 saturated heterocycles. The molecule has 20 heavy (non-hydrogen) atoms. The molecule has 8 heteroatoms. The zero-order valence-electron chi connectivity index (χ0n) is 10.5. The van der Waals surface area contributed by atoms with Gasteiger partial charge >= 0.3 is 5.69 Å². The monoisotopic (exact) mass is 270 g/mol. The van der Waals surface area contributed by atoms with Crippen LogP contribution in [0.3, 0.4) is 0 Å². The average molecular weight is 270 g/mol. The van der Waals surface area contributed by atoms with E-state index in [2.05, 4.69) is 15.3 Å². The van der Waals surface area contributed by atoms with Crippen molar-refractivity contribution < 1.29 is 4.92 Å². The van der Waals surface area contributed by atoms with Crippen molar-refractivity contribution in [1.82, 2.24) is 9.97 Å². The SMILES string of the molecule is Cc1cccc(Nc2ncnc(N)c2[N+](=O)[O-])c1C#N. The fourth-order valence-electron chi connectivity index (χ4n) is 1.71. The highest BCUT2D eigenvalue weighted by molar-refractivity contribution is 5.75. The van der Waals surface area contributed by atoms with Crippen molar-refractivity contribution in [3.63, 3.8) is 0 Å². The minimum Gasteiger partial charge on any atom is -0.378 e. The molecule has 0 bridgehead atoms. The first-order valence-corrected chi connectivity index (χ1v) is 5.56. The molecule has 0 amide bonds. The molecular formula is C12H10N6O2. The highest BCUT2D eigenvalue weighted by Crippen LogP contribution is 2.30. The van der Waals surface area contributed by atoms with Crippen molar-refractivity contribution in [3.05, 3.63) is 45.8 Å². The van der Waals surface area contributed by atoms with E-state index in [0.717, 1.165) is 11.9 Å². The van der Waals surface area contributed by atoms with Gasteiger partial charge in [-0.05, 0) is 18.6 Å². The van der Waals surface area contributed by atoms with Crippen molar-refractivity contribution in [3.8, 4) is 6.07 Å². The number of aryl methyl sites for hydroxylation is 1. The number of hydrogen-bond acceptors (Lipinski definition) is 7. The van der Waals surface area contributed by atoms with E-state index in [4.69, 9.17) is 11.0 Å². The quantitative estimate of drug-likeness (QED) is 0.643. The highest BCUT2D eigenvalue weighted by Gasteiger charge is 2.21. The Hall–Kier alpha value is -3.21. The number of nitro groups is 1. The topological polar surface area (TPSA) is 131 Å². The number of hydrogen-bond donors (Lipinski definition) is 2. The van der Waals surface area contributed by atoms with Crippen LogP contribution in [0.1, 0.15) is 11.1 Å². The van der Waals surface area contributed by atoms with Crippen LogP contribution in [0.2, 0.25) is 0 Å². The summed E-state index contributed by atoms with van der Waals surface area (Å²) in [5, 5.41) is 22.9. The molecule has 0 fully saturated rings. The molecule has 1 aromatic carbocycles. The van der Waals surface area contributed by atoms with E-state index in [9.17, 15) is 10.1 Å². The van der Waals surface area contributed by atoms with Gasteiger partial charge in [-0.2, -0.15) is 5.26 Å². The Labute approximate surface area is 114 Å². The van der Waals surface area contributed by atoms with Crippen molar-refractivity contribution in [2.45, 2.75) is 6.92 Å². The summed E-state index contributed by atoms with van der Waals surface area (Å²) in [7, 11) is 0. The molecule has 3 N–H and O–H groups in total. The summed E-state index contributed by atoms with van der Waals surface area (Å²) in [5.74, 6) is -0.289. The first kappa shape index (κ1) is 13.2. The molecule has 0 aliphatic rings. The van der Waals surface area contributed by atoms with Gasteiger partial charge < -0.3 is 11.1 Å². The normalized spacial score (nSPS) is 9.80. The van der Waals surface area contributed by atoms with Crippen LogP contribution in [0.15, 0.2) is 24.5 Å². The Balaban J connectivity index is 2.52. The van der Waals surface area contributed by atoms with Gasteiger partial charge in [0.1, 0.15) is 12.4 Å². The Bertz CT molecular complexity index is 722. The van der Waals surface area contributed by atoms with Crippen molar-refractivity contribution in [2.75, 3.05) is 11.1 Å².